The van der Waals surface area contributed by atoms with Crippen LogP contribution in [0.5, 0.6) is 0 Å². The highest BCUT2D eigenvalue weighted by Crippen LogP contribution is 1.40. The zero-order valence-corrected chi connectivity index (χ0v) is 3.42. The summed E-state index contributed by atoms with van der Waals surface area (Å²) in [5.41, 5.74) is 0. The molecule has 2 radical (unpaired) electrons. The molecule has 0 spiro atoms. The molecule has 0 bridgehead atoms. The number of rotatable bonds is 0. The van der Waals surface area contributed by atoms with E-state index in [1.165, 1.54) is 0 Å². The van der Waals surface area contributed by atoms with Crippen LogP contribution < -0.4 is 0 Å². The van der Waals surface area contributed by atoms with E-state index >= 15 is 0 Å². The number of aliphatic hydroxyl groups excluding tert-OH is 1. The van der Waals surface area contributed by atoms with Gasteiger partial charge in [-0.3, -0.25) is 4.79 Å². The second-order valence-electron chi connectivity index (χ2n) is 0.485. The molecule has 0 aliphatic carbocycles. The zero-order chi connectivity index (χ0) is 6.28. The Bertz CT molecular complexity index is 54.0. The number of carboxylic acids is 1. The van der Waals surface area contributed by atoms with E-state index in [0.717, 1.165) is 0 Å². The van der Waals surface area contributed by atoms with Crippen molar-refractivity contribution in [2.75, 3.05) is 0 Å². The molecule has 0 aliphatic rings. The van der Waals surface area contributed by atoms with Gasteiger partial charge in [0, 0.05) is 0 Å². The molecular formula is C3H4O4. The van der Waals surface area contributed by atoms with Gasteiger partial charge in [0.15, 0.2) is 0 Å². The van der Waals surface area contributed by atoms with Crippen molar-refractivity contribution in [2.45, 2.75) is 0 Å². The van der Waals surface area contributed by atoms with Gasteiger partial charge in [0.25, 0.3) is 0 Å². The molecule has 7 heavy (non-hydrogen) atoms. The van der Waals surface area contributed by atoms with Crippen LogP contribution in [0.2, 0.25) is 0 Å². The average Bonchev–Trinajstić information content (AvgIpc) is 1.33. The molecule has 0 aromatic carbocycles. The largest absolute Gasteiger partial charge is 0.481 e. The summed E-state index contributed by atoms with van der Waals surface area (Å²) in [6.07, 6.45) is 0. The lowest BCUT2D eigenvalue weighted by molar-refractivity contribution is -0.131. The van der Waals surface area contributed by atoms with E-state index < -0.39 is 5.97 Å². The molecule has 0 saturated heterocycles. The summed E-state index contributed by atoms with van der Waals surface area (Å²) in [4.78, 5) is 17.1. The molecule has 0 atom stereocenters. The molecule has 4 nitrogen and oxygen atoms in total. The fourth-order valence-corrected chi connectivity index (χ4v) is 0. The van der Waals surface area contributed by atoms with Crippen LogP contribution in [-0.2, 0) is 9.59 Å². The highest BCUT2D eigenvalue weighted by atomic mass is 16.4. The molecule has 2 N–H and O–H groups in total. The molecular weight excluding hydrogens is 100 g/mol. The number of hydrogen-bond donors (Lipinski definition) is 2. The monoisotopic (exact) mass is 104 g/mol. The summed E-state index contributed by atoms with van der Waals surface area (Å²) in [5, 5.41) is 14.1. The third kappa shape index (κ3) is 38.0. The number of carbonyl (C=O) groups is 1. The highest BCUT2D eigenvalue weighted by molar-refractivity contribution is 5.71. The normalized spacial score (nSPS) is 5.29. The average molecular weight is 104 g/mol. The maximum absolute atomic E-state index is 8.89. The Morgan fingerprint density at radius 3 is 1.71 bits per heavy atom. The summed E-state index contributed by atoms with van der Waals surface area (Å²) in [6.45, 7) is 3.06. The van der Waals surface area contributed by atoms with Gasteiger partial charge in [-0.05, 0) is 0 Å². The first-order chi connectivity index (χ1) is 3.15. The maximum atomic E-state index is 8.89. The molecule has 0 unspecified atom stereocenters. The Balaban J connectivity index is 0. The van der Waals surface area contributed by atoms with E-state index in [1.807, 2.05) is 0 Å². The van der Waals surface area contributed by atoms with Crippen molar-refractivity contribution in [3.05, 3.63) is 6.92 Å². The molecule has 0 heterocycles. The van der Waals surface area contributed by atoms with Gasteiger partial charge in [-0.25, -0.2) is 4.79 Å². The highest BCUT2D eigenvalue weighted by Gasteiger charge is 1.66. The van der Waals surface area contributed by atoms with Crippen molar-refractivity contribution >= 4 is 12.4 Å². The molecule has 0 rings (SSSR count). The van der Waals surface area contributed by atoms with Crippen LogP contribution in [0.4, 0.5) is 0 Å². The van der Waals surface area contributed by atoms with Crippen LogP contribution >= 0.6 is 0 Å². The smallest absolute Gasteiger partial charge is 0.414 e. The summed E-state index contributed by atoms with van der Waals surface area (Å²) in [5.74, 6) is -1.08. The van der Waals surface area contributed by atoms with Gasteiger partial charge in [-0.1, -0.05) is 0 Å². The number of hydrogen-bond acceptors (Lipinski definition) is 2. The SMILES string of the molecule is O=[C]O.[CH2]C(=O)O. The second kappa shape index (κ2) is 8.87. The maximum Gasteiger partial charge on any atom is 0.414 e. The Morgan fingerprint density at radius 2 is 1.71 bits per heavy atom. The summed E-state index contributed by atoms with van der Waals surface area (Å²) in [6, 6.07) is 0. The second-order valence-corrected chi connectivity index (χ2v) is 0.485. The van der Waals surface area contributed by atoms with E-state index in [9.17, 15) is 0 Å². The molecule has 0 aromatic heterocycles. The van der Waals surface area contributed by atoms with Gasteiger partial charge in [0.2, 0.25) is 0 Å². The molecule has 4 heteroatoms. The quantitative estimate of drug-likeness (QED) is 0.435. The van der Waals surface area contributed by atoms with Crippen molar-refractivity contribution < 1.29 is 19.8 Å². The van der Waals surface area contributed by atoms with Gasteiger partial charge in [-0.15, -0.1) is 0 Å². The Morgan fingerprint density at radius 1 is 1.71 bits per heavy atom. The minimum atomic E-state index is -1.08. The Hall–Kier alpha value is -1.06. The molecule has 40 valence electrons. The van der Waals surface area contributed by atoms with E-state index in [2.05, 4.69) is 6.92 Å². The first kappa shape index (κ1) is 9.34. The van der Waals surface area contributed by atoms with Gasteiger partial charge in [0.1, 0.15) is 0 Å². The molecule has 0 fully saturated rings. The summed E-state index contributed by atoms with van der Waals surface area (Å²) in [7, 11) is 0. The third-order valence-electron chi connectivity index (χ3n) is 0. The molecule has 0 aliphatic heterocycles. The predicted molar refractivity (Wildman–Crippen MR) is 21.3 cm³/mol. The van der Waals surface area contributed by atoms with Crippen LogP contribution in [0.15, 0.2) is 0 Å². The number of aliphatic carboxylic acids is 1. The van der Waals surface area contributed by atoms with Gasteiger partial charge in [-0.2, -0.15) is 0 Å². The Labute approximate surface area is 40.4 Å². The van der Waals surface area contributed by atoms with Crippen molar-refractivity contribution in [1.82, 2.24) is 0 Å². The van der Waals surface area contributed by atoms with E-state index in [4.69, 9.17) is 19.8 Å². The lowest BCUT2D eigenvalue weighted by Crippen LogP contribution is -1.79. The lowest BCUT2D eigenvalue weighted by atomic mass is 10.9. The van der Waals surface area contributed by atoms with E-state index in [-0.39, 0.29) is 0 Å². The number of carboxylic acid groups (broad SMARTS) is 1. The molecule has 0 amide bonds. The van der Waals surface area contributed by atoms with Crippen molar-refractivity contribution in [2.24, 2.45) is 0 Å². The van der Waals surface area contributed by atoms with E-state index in [1.54, 1.807) is 0 Å². The van der Waals surface area contributed by atoms with Crippen LogP contribution in [-0.4, -0.2) is 22.7 Å². The van der Waals surface area contributed by atoms with Crippen LogP contribution in [0.3, 0.4) is 0 Å². The fraction of sp³-hybridized carbons (Fsp3) is 0. The summed E-state index contributed by atoms with van der Waals surface area (Å²) < 4.78 is 0. The third-order valence-corrected chi connectivity index (χ3v) is 0. The lowest BCUT2D eigenvalue weighted by Gasteiger charge is -1.58. The van der Waals surface area contributed by atoms with Crippen molar-refractivity contribution in [1.29, 1.82) is 0 Å². The van der Waals surface area contributed by atoms with Gasteiger partial charge in [0.05, 0.1) is 6.92 Å². The van der Waals surface area contributed by atoms with Crippen molar-refractivity contribution in [3.63, 3.8) is 0 Å². The minimum Gasteiger partial charge on any atom is -0.481 e. The standard InChI is InChI=1S/C2H3O2.CHO2/c1-2(3)4;2-1-3/h1H2,(H,3,4);(H,2,3). The van der Waals surface area contributed by atoms with Crippen LogP contribution in [0, 0.1) is 6.92 Å². The minimum absolute atomic E-state index is 0.500. The predicted octanol–water partition coefficient (Wildman–Crippen LogP) is -0.483. The van der Waals surface area contributed by atoms with Gasteiger partial charge >= 0.3 is 12.4 Å². The summed E-state index contributed by atoms with van der Waals surface area (Å²) >= 11 is 0. The topological polar surface area (TPSA) is 74.6 Å². The molecule has 0 aromatic rings. The Kier molecular flexibility index (Phi) is 11.8. The van der Waals surface area contributed by atoms with Crippen molar-refractivity contribution in [3.8, 4) is 0 Å². The first-order valence-corrected chi connectivity index (χ1v) is 1.21. The fourth-order valence-electron chi connectivity index (χ4n) is 0. The van der Waals surface area contributed by atoms with Gasteiger partial charge < -0.3 is 10.2 Å². The zero-order valence-electron chi connectivity index (χ0n) is 3.42. The first-order valence-electron chi connectivity index (χ1n) is 1.21. The van der Waals surface area contributed by atoms with E-state index in [0.29, 0.717) is 6.47 Å². The molecule has 0 saturated carbocycles. The van der Waals surface area contributed by atoms with Crippen LogP contribution in [0.25, 0.3) is 0 Å². The van der Waals surface area contributed by atoms with Crippen LogP contribution in [0.1, 0.15) is 0 Å².